The molecular formula is C14H9F4NS. The quantitative estimate of drug-likeness (QED) is 0.673. The van der Waals surface area contributed by atoms with E-state index in [0.29, 0.717) is 11.1 Å². The molecule has 0 bridgehead atoms. The lowest BCUT2D eigenvalue weighted by atomic mass is 10.0. The zero-order chi connectivity index (χ0) is 14.9. The molecule has 0 aromatic heterocycles. The standard InChI is InChI=1S/C14H9F4NS/c1-9-2-3-10(6-13(9)15)11-4-5-12(8-19)14(7-11)20(16,17)18/h2-7H,1H3. The highest BCUT2D eigenvalue weighted by Crippen LogP contribution is 2.62. The minimum atomic E-state index is -5.51. The van der Waals surface area contributed by atoms with Crippen LogP contribution in [0.4, 0.5) is 16.0 Å². The molecular weight excluding hydrogens is 290 g/mol. The molecule has 0 aliphatic rings. The summed E-state index contributed by atoms with van der Waals surface area (Å²) in [7, 11) is 0. The van der Waals surface area contributed by atoms with Crippen LogP contribution in [0.1, 0.15) is 11.1 Å². The zero-order valence-electron chi connectivity index (χ0n) is 10.3. The Labute approximate surface area is 115 Å². The van der Waals surface area contributed by atoms with Gasteiger partial charge in [0.15, 0.2) is 0 Å². The van der Waals surface area contributed by atoms with Crippen LogP contribution >= 0.6 is 11.2 Å². The van der Waals surface area contributed by atoms with Gasteiger partial charge in [-0.1, -0.05) is 18.2 Å². The lowest BCUT2D eigenvalue weighted by molar-refractivity contribution is 0.619. The summed E-state index contributed by atoms with van der Waals surface area (Å²) >= 11 is -5.51. The maximum Gasteiger partial charge on any atom is 0.238 e. The van der Waals surface area contributed by atoms with E-state index in [1.54, 1.807) is 13.0 Å². The molecule has 0 heterocycles. The van der Waals surface area contributed by atoms with Gasteiger partial charge in [-0.3, -0.25) is 0 Å². The van der Waals surface area contributed by atoms with Crippen LogP contribution in [0, 0.1) is 24.1 Å². The van der Waals surface area contributed by atoms with Crippen LogP contribution in [0.15, 0.2) is 41.3 Å². The Kier molecular flexibility index (Phi) is 3.73. The van der Waals surface area contributed by atoms with Crippen molar-refractivity contribution in [3.63, 3.8) is 0 Å². The Bertz CT molecular complexity index is 701. The normalized spacial score (nSPS) is 12.0. The highest BCUT2D eigenvalue weighted by atomic mass is 32.3. The lowest BCUT2D eigenvalue weighted by Crippen LogP contribution is -1.90. The summed E-state index contributed by atoms with van der Waals surface area (Å²) in [6.45, 7) is 1.57. The third-order valence-corrected chi connectivity index (χ3v) is 3.69. The van der Waals surface area contributed by atoms with Crippen molar-refractivity contribution in [2.45, 2.75) is 11.8 Å². The molecule has 0 atom stereocenters. The van der Waals surface area contributed by atoms with E-state index in [0.717, 1.165) is 12.1 Å². The molecule has 0 radical (unpaired) electrons. The van der Waals surface area contributed by atoms with Crippen molar-refractivity contribution < 1.29 is 16.0 Å². The topological polar surface area (TPSA) is 23.8 Å². The van der Waals surface area contributed by atoms with Gasteiger partial charge in [0, 0.05) is 0 Å². The SMILES string of the molecule is Cc1ccc(-c2ccc(C#N)c(S(F)(F)F)c2)cc1F. The van der Waals surface area contributed by atoms with Gasteiger partial charge in [-0.05, 0) is 41.8 Å². The number of aryl methyl sites for hydroxylation is 1. The van der Waals surface area contributed by atoms with Gasteiger partial charge >= 0.3 is 0 Å². The van der Waals surface area contributed by atoms with Gasteiger partial charge < -0.3 is 0 Å². The first-order valence-corrected chi connectivity index (χ1v) is 6.89. The first-order valence-electron chi connectivity index (χ1n) is 5.56. The molecule has 2 rings (SSSR count). The van der Waals surface area contributed by atoms with Crippen molar-refractivity contribution in [1.82, 2.24) is 0 Å². The molecule has 0 aliphatic carbocycles. The molecule has 1 nitrogen and oxygen atoms in total. The number of nitrogens with zero attached hydrogens (tertiary/aromatic N) is 1. The lowest BCUT2D eigenvalue weighted by Gasteiger charge is -2.13. The molecule has 0 spiro atoms. The third-order valence-electron chi connectivity index (χ3n) is 2.86. The molecule has 20 heavy (non-hydrogen) atoms. The predicted octanol–water partition coefficient (Wildman–Crippen LogP) is 5.49. The first-order chi connectivity index (χ1) is 9.32. The van der Waals surface area contributed by atoms with Crippen molar-refractivity contribution in [3.05, 3.63) is 53.3 Å². The molecule has 0 unspecified atom stereocenters. The van der Waals surface area contributed by atoms with Gasteiger partial charge in [-0.25, -0.2) is 4.39 Å². The van der Waals surface area contributed by atoms with Crippen LogP contribution in [0.25, 0.3) is 11.1 Å². The average molecular weight is 299 g/mol. The molecule has 2 aromatic rings. The van der Waals surface area contributed by atoms with Crippen LogP contribution in [-0.2, 0) is 0 Å². The largest absolute Gasteiger partial charge is 0.238 e. The summed E-state index contributed by atoms with van der Waals surface area (Å²) < 4.78 is 52.3. The molecule has 0 saturated heterocycles. The minimum absolute atomic E-state index is 0.239. The molecule has 6 heteroatoms. The second-order valence-electron chi connectivity index (χ2n) is 4.19. The van der Waals surface area contributed by atoms with Crippen molar-refractivity contribution in [2.24, 2.45) is 0 Å². The van der Waals surface area contributed by atoms with Crippen molar-refractivity contribution in [2.75, 3.05) is 0 Å². The average Bonchev–Trinajstić information content (AvgIpc) is 2.40. The van der Waals surface area contributed by atoms with Gasteiger partial charge in [-0.2, -0.15) is 5.26 Å². The Morgan fingerprint density at radius 2 is 1.60 bits per heavy atom. The number of hydrogen-bond donors (Lipinski definition) is 0. The monoisotopic (exact) mass is 299 g/mol. The summed E-state index contributed by atoms with van der Waals surface area (Å²) in [6, 6.07) is 9.17. The Hall–Kier alpha value is -2.00. The van der Waals surface area contributed by atoms with E-state index in [2.05, 4.69) is 0 Å². The fourth-order valence-corrected chi connectivity index (χ4v) is 2.38. The van der Waals surface area contributed by atoms with E-state index < -0.39 is 27.5 Å². The molecule has 104 valence electrons. The second-order valence-corrected chi connectivity index (χ2v) is 5.45. The van der Waals surface area contributed by atoms with Crippen molar-refractivity contribution in [1.29, 1.82) is 5.26 Å². The maximum absolute atomic E-state index is 13.5. The zero-order valence-corrected chi connectivity index (χ0v) is 11.1. The predicted molar refractivity (Wildman–Crippen MR) is 70.5 cm³/mol. The maximum atomic E-state index is 13.5. The van der Waals surface area contributed by atoms with E-state index in [-0.39, 0.29) is 5.56 Å². The van der Waals surface area contributed by atoms with Gasteiger partial charge in [0.1, 0.15) is 11.9 Å². The fraction of sp³-hybridized carbons (Fsp3) is 0.0714. The van der Waals surface area contributed by atoms with Gasteiger partial charge in [-0.15, -0.1) is 11.7 Å². The number of nitriles is 1. The first kappa shape index (κ1) is 14.4. The van der Waals surface area contributed by atoms with E-state index in [1.165, 1.54) is 24.3 Å². The number of halogens is 4. The molecule has 0 fully saturated rings. The molecule has 0 N–H and O–H groups in total. The van der Waals surface area contributed by atoms with E-state index >= 15 is 0 Å². The summed E-state index contributed by atoms with van der Waals surface area (Å²) in [5, 5.41) is 8.73. The van der Waals surface area contributed by atoms with Crippen molar-refractivity contribution >= 4 is 11.2 Å². The number of hydrogen-bond acceptors (Lipinski definition) is 1. The minimum Gasteiger partial charge on any atom is -0.207 e. The van der Waals surface area contributed by atoms with Gasteiger partial charge in [0.25, 0.3) is 0 Å². The molecule has 0 amide bonds. The van der Waals surface area contributed by atoms with E-state index in [1.807, 2.05) is 0 Å². The van der Waals surface area contributed by atoms with Crippen LogP contribution < -0.4 is 0 Å². The highest BCUT2D eigenvalue weighted by molar-refractivity contribution is 8.21. The Morgan fingerprint density at radius 1 is 1.00 bits per heavy atom. The van der Waals surface area contributed by atoms with Gasteiger partial charge in [0.2, 0.25) is 11.2 Å². The van der Waals surface area contributed by atoms with E-state index in [4.69, 9.17) is 5.26 Å². The van der Waals surface area contributed by atoms with Crippen LogP contribution in [0.5, 0.6) is 0 Å². The fourth-order valence-electron chi connectivity index (χ4n) is 1.76. The summed E-state index contributed by atoms with van der Waals surface area (Å²) in [6.07, 6.45) is 0. The Morgan fingerprint density at radius 3 is 2.15 bits per heavy atom. The summed E-state index contributed by atoms with van der Waals surface area (Å²) in [5.74, 6) is -0.479. The highest BCUT2D eigenvalue weighted by Gasteiger charge is 2.28. The second kappa shape index (κ2) is 5.17. The van der Waals surface area contributed by atoms with Crippen molar-refractivity contribution in [3.8, 4) is 17.2 Å². The summed E-state index contributed by atoms with van der Waals surface area (Å²) in [5.41, 5.74) is 0.595. The van der Waals surface area contributed by atoms with Crippen LogP contribution in [0.3, 0.4) is 0 Å². The number of rotatable bonds is 2. The van der Waals surface area contributed by atoms with Gasteiger partial charge in [0.05, 0.1) is 10.5 Å². The molecule has 0 aliphatic heterocycles. The Balaban J connectivity index is 2.59. The van der Waals surface area contributed by atoms with Crippen LogP contribution in [-0.4, -0.2) is 0 Å². The molecule has 0 saturated carbocycles. The number of benzene rings is 2. The summed E-state index contributed by atoms with van der Waals surface area (Å²) in [4.78, 5) is -0.932. The molecule has 2 aromatic carbocycles. The third kappa shape index (κ3) is 2.78. The van der Waals surface area contributed by atoms with E-state index in [9.17, 15) is 16.0 Å². The van der Waals surface area contributed by atoms with Crippen LogP contribution in [0.2, 0.25) is 0 Å². The smallest absolute Gasteiger partial charge is 0.207 e.